The van der Waals surface area contributed by atoms with Crippen molar-refractivity contribution in [2.75, 3.05) is 0 Å². The third-order valence-corrected chi connectivity index (χ3v) is 3.02. The predicted octanol–water partition coefficient (Wildman–Crippen LogP) is 2.43. The van der Waals surface area contributed by atoms with Crippen molar-refractivity contribution in [1.29, 1.82) is 5.41 Å². The number of carbonyl (C=O) groups excluding carboxylic acids is 1. The summed E-state index contributed by atoms with van der Waals surface area (Å²) in [7, 11) is 0. The molecule has 0 bridgehead atoms. The van der Waals surface area contributed by atoms with E-state index in [0.717, 1.165) is 5.56 Å². The maximum Gasteiger partial charge on any atom is 0.178 e. The number of ketones is 1. The van der Waals surface area contributed by atoms with Gasteiger partial charge in [-0.3, -0.25) is 9.78 Å². The van der Waals surface area contributed by atoms with Crippen LogP contribution >= 0.6 is 0 Å². The van der Waals surface area contributed by atoms with Crippen LogP contribution in [0.15, 0.2) is 48.7 Å². The highest BCUT2D eigenvalue weighted by molar-refractivity contribution is 6.30. The van der Waals surface area contributed by atoms with Crippen molar-refractivity contribution >= 4 is 11.5 Å². The molecule has 2 aromatic rings. The maximum atomic E-state index is 12.2. The second-order valence-electron chi connectivity index (χ2n) is 4.01. The van der Waals surface area contributed by atoms with Crippen molar-refractivity contribution in [2.45, 2.75) is 5.92 Å². The first-order valence-electron chi connectivity index (χ1n) is 5.42. The first kappa shape index (κ1) is 9.90. The zero-order valence-electron chi connectivity index (χ0n) is 9.05. The smallest absolute Gasteiger partial charge is 0.178 e. The van der Waals surface area contributed by atoms with E-state index in [2.05, 4.69) is 4.98 Å². The van der Waals surface area contributed by atoms with Gasteiger partial charge in [-0.15, -0.1) is 0 Å². The minimum Gasteiger partial charge on any atom is -0.303 e. The minimum atomic E-state index is -0.534. The van der Waals surface area contributed by atoms with E-state index >= 15 is 0 Å². The number of fused-ring (bicyclic) bond motifs is 1. The zero-order chi connectivity index (χ0) is 11.8. The van der Waals surface area contributed by atoms with E-state index in [9.17, 15) is 4.79 Å². The Hall–Kier alpha value is -2.29. The Morgan fingerprint density at radius 3 is 2.35 bits per heavy atom. The fourth-order valence-electron chi connectivity index (χ4n) is 2.20. The summed E-state index contributed by atoms with van der Waals surface area (Å²) in [5, 5.41) is 8.09. The lowest BCUT2D eigenvalue weighted by Gasteiger charge is -2.07. The van der Waals surface area contributed by atoms with Gasteiger partial charge >= 0.3 is 0 Å². The van der Waals surface area contributed by atoms with Gasteiger partial charge in [0.15, 0.2) is 5.78 Å². The Bertz CT molecular complexity index is 570. The predicted molar refractivity (Wildman–Crippen MR) is 64.6 cm³/mol. The van der Waals surface area contributed by atoms with Crippen molar-refractivity contribution in [1.82, 2.24) is 4.98 Å². The van der Waals surface area contributed by atoms with Crippen LogP contribution in [0.1, 0.15) is 27.5 Å². The second-order valence-corrected chi connectivity index (χ2v) is 4.01. The van der Waals surface area contributed by atoms with Crippen LogP contribution in [0.2, 0.25) is 0 Å². The van der Waals surface area contributed by atoms with Crippen LogP contribution in [0.3, 0.4) is 0 Å². The lowest BCUT2D eigenvalue weighted by molar-refractivity contribution is 0.0987. The summed E-state index contributed by atoms with van der Waals surface area (Å²) in [5.41, 5.74) is 2.37. The monoisotopic (exact) mass is 222 g/mol. The van der Waals surface area contributed by atoms with Crippen LogP contribution in [0.25, 0.3) is 0 Å². The number of pyridine rings is 1. The summed E-state index contributed by atoms with van der Waals surface area (Å²) >= 11 is 0. The molecule has 0 saturated heterocycles. The zero-order valence-corrected chi connectivity index (χ0v) is 9.05. The van der Waals surface area contributed by atoms with Gasteiger partial charge in [-0.2, -0.15) is 0 Å². The summed E-state index contributed by atoms with van der Waals surface area (Å²) in [6, 6.07) is 12.7. The van der Waals surface area contributed by atoms with Crippen LogP contribution < -0.4 is 0 Å². The van der Waals surface area contributed by atoms with Crippen molar-refractivity contribution in [3.63, 3.8) is 0 Å². The number of nitrogens with zero attached hydrogens (tertiary/aromatic N) is 1. The first-order chi connectivity index (χ1) is 8.29. The molecule has 1 aliphatic carbocycles. The lowest BCUT2D eigenvalue weighted by Crippen LogP contribution is -2.14. The van der Waals surface area contributed by atoms with Gasteiger partial charge in [0, 0.05) is 17.3 Å². The Labute approximate surface area is 98.6 Å². The molecule has 0 fully saturated rings. The SMILES string of the molecule is N=C1c2ccccc2C(=O)C1c1ccccn1. The van der Waals surface area contributed by atoms with Crippen molar-refractivity contribution in [3.05, 3.63) is 65.5 Å². The standard InChI is InChI=1S/C14H10N2O/c15-13-9-5-1-2-6-10(9)14(17)12(13)11-7-3-4-8-16-11/h1-8,12,15H. The summed E-state index contributed by atoms with van der Waals surface area (Å²) < 4.78 is 0. The molecule has 0 saturated carbocycles. The highest BCUT2D eigenvalue weighted by atomic mass is 16.1. The van der Waals surface area contributed by atoms with E-state index < -0.39 is 5.92 Å². The van der Waals surface area contributed by atoms with E-state index in [1.54, 1.807) is 24.4 Å². The van der Waals surface area contributed by atoms with E-state index in [1.807, 2.05) is 24.3 Å². The van der Waals surface area contributed by atoms with Crippen LogP contribution in [-0.4, -0.2) is 16.5 Å². The van der Waals surface area contributed by atoms with E-state index in [4.69, 9.17) is 5.41 Å². The van der Waals surface area contributed by atoms with Crippen LogP contribution in [0.4, 0.5) is 0 Å². The molecule has 0 spiro atoms. The fourth-order valence-corrected chi connectivity index (χ4v) is 2.20. The third kappa shape index (κ3) is 1.40. The van der Waals surface area contributed by atoms with Crippen molar-refractivity contribution in [2.24, 2.45) is 0 Å². The Morgan fingerprint density at radius 1 is 1.00 bits per heavy atom. The molecule has 3 heteroatoms. The molecule has 82 valence electrons. The normalized spacial score (nSPS) is 18.2. The van der Waals surface area contributed by atoms with Crippen molar-refractivity contribution < 1.29 is 4.79 Å². The molecule has 3 nitrogen and oxygen atoms in total. The first-order valence-corrected chi connectivity index (χ1v) is 5.42. The Balaban J connectivity index is 2.13. The topological polar surface area (TPSA) is 53.8 Å². The number of carbonyl (C=O) groups is 1. The molecule has 0 radical (unpaired) electrons. The lowest BCUT2D eigenvalue weighted by atomic mass is 9.99. The number of hydrogen-bond acceptors (Lipinski definition) is 3. The number of aromatic nitrogens is 1. The molecular formula is C14H10N2O. The molecule has 1 N–H and O–H groups in total. The minimum absolute atomic E-state index is 0.0238. The molecule has 1 heterocycles. The van der Waals surface area contributed by atoms with E-state index in [0.29, 0.717) is 17.0 Å². The number of nitrogens with one attached hydrogen (secondary N) is 1. The molecule has 1 unspecified atom stereocenters. The molecule has 1 aromatic carbocycles. The number of hydrogen-bond donors (Lipinski definition) is 1. The van der Waals surface area contributed by atoms with Gasteiger partial charge in [-0.05, 0) is 12.1 Å². The summed E-state index contributed by atoms with van der Waals surface area (Å²) in [4.78, 5) is 16.4. The highest BCUT2D eigenvalue weighted by Gasteiger charge is 2.37. The molecule has 1 aliphatic rings. The van der Waals surface area contributed by atoms with Gasteiger partial charge in [-0.1, -0.05) is 30.3 Å². The molecule has 17 heavy (non-hydrogen) atoms. The van der Waals surface area contributed by atoms with Gasteiger partial charge in [0.25, 0.3) is 0 Å². The van der Waals surface area contributed by atoms with Crippen LogP contribution in [0.5, 0.6) is 0 Å². The quantitative estimate of drug-likeness (QED) is 0.805. The molecular weight excluding hydrogens is 212 g/mol. The second kappa shape index (κ2) is 3.63. The average Bonchev–Trinajstić information content (AvgIpc) is 2.64. The summed E-state index contributed by atoms with van der Waals surface area (Å²) in [6.07, 6.45) is 1.65. The summed E-state index contributed by atoms with van der Waals surface area (Å²) in [6.45, 7) is 0. The van der Waals surface area contributed by atoms with Crippen molar-refractivity contribution in [3.8, 4) is 0 Å². The number of rotatable bonds is 1. The molecule has 0 aliphatic heterocycles. The van der Waals surface area contributed by atoms with Crippen LogP contribution in [0, 0.1) is 5.41 Å². The molecule has 1 aromatic heterocycles. The average molecular weight is 222 g/mol. The van der Waals surface area contributed by atoms with Gasteiger partial charge in [0.1, 0.15) is 5.92 Å². The number of benzene rings is 1. The van der Waals surface area contributed by atoms with Gasteiger partial charge in [-0.25, -0.2) is 0 Å². The third-order valence-electron chi connectivity index (χ3n) is 3.02. The Kier molecular flexibility index (Phi) is 2.11. The molecule has 0 amide bonds. The fraction of sp³-hybridized carbons (Fsp3) is 0.0714. The maximum absolute atomic E-state index is 12.2. The highest BCUT2D eigenvalue weighted by Crippen LogP contribution is 2.32. The molecule has 3 rings (SSSR count). The number of Topliss-reactive ketones (excluding diaryl/α,β-unsaturated/α-hetero) is 1. The van der Waals surface area contributed by atoms with Gasteiger partial charge < -0.3 is 5.41 Å². The van der Waals surface area contributed by atoms with Gasteiger partial charge in [0.05, 0.1) is 11.4 Å². The largest absolute Gasteiger partial charge is 0.303 e. The Morgan fingerprint density at radius 2 is 1.71 bits per heavy atom. The van der Waals surface area contributed by atoms with Crippen LogP contribution in [-0.2, 0) is 0 Å². The molecule has 1 atom stereocenters. The van der Waals surface area contributed by atoms with Gasteiger partial charge in [0.2, 0.25) is 0 Å². The van der Waals surface area contributed by atoms with E-state index in [-0.39, 0.29) is 5.78 Å². The summed E-state index contributed by atoms with van der Waals surface area (Å²) in [5.74, 6) is -0.558. The van der Waals surface area contributed by atoms with E-state index in [1.165, 1.54) is 0 Å².